The van der Waals surface area contributed by atoms with Crippen molar-refractivity contribution in [3.05, 3.63) is 0 Å². The van der Waals surface area contributed by atoms with E-state index in [-0.39, 0.29) is 6.09 Å². The fourth-order valence-electron chi connectivity index (χ4n) is 2.17. The van der Waals surface area contributed by atoms with Crippen molar-refractivity contribution >= 4 is 6.09 Å². The summed E-state index contributed by atoms with van der Waals surface area (Å²) in [7, 11) is 0. The van der Waals surface area contributed by atoms with E-state index in [1.807, 2.05) is 25.7 Å². The van der Waals surface area contributed by atoms with Crippen LogP contribution in [0.1, 0.15) is 41.0 Å². The van der Waals surface area contributed by atoms with E-state index in [0.29, 0.717) is 11.8 Å². The molecular formula is C14H28N2O2. The molecule has 1 heterocycles. The molecule has 0 radical (unpaired) electrons. The van der Waals surface area contributed by atoms with Gasteiger partial charge in [0, 0.05) is 13.1 Å². The van der Waals surface area contributed by atoms with Gasteiger partial charge in [0.15, 0.2) is 0 Å². The number of hydrogen-bond acceptors (Lipinski definition) is 3. The van der Waals surface area contributed by atoms with Crippen LogP contribution in [0.4, 0.5) is 4.79 Å². The Hall–Kier alpha value is -0.770. The molecule has 4 heteroatoms. The molecule has 1 aliphatic heterocycles. The molecule has 1 fully saturated rings. The first-order valence-electron chi connectivity index (χ1n) is 6.96. The maximum Gasteiger partial charge on any atom is 0.410 e. The Morgan fingerprint density at radius 2 is 2.11 bits per heavy atom. The summed E-state index contributed by atoms with van der Waals surface area (Å²) in [4.78, 5) is 14.0. The fourth-order valence-corrected chi connectivity index (χ4v) is 2.17. The Kier molecular flexibility index (Phi) is 5.45. The molecule has 0 aliphatic carbocycles. The largest absolute Gasteiger partial charge is 0.444 e. The Morgan fingerprint density at radius 3 is 2.56 bits per heavy atom. The summed E-state index contributed by atoms with van der Waals surface area (Å²) in [5.74, 6) is 1.03. The molecule has 0 spiro atoms. The number of nitrogens with one attached hydrogen (secondary N) is 1. The van der Waals surface area contributed by atoms with Gasteiger partial charge in [-0.25, -0.2) is 4.79 Å². The van der Waals surface area contributed by atoms with Crippen LogP contribution in [0, 0.1) is 11.8 Å². The molecule has 0 bridgehead atoms. The molecule has 1 atom stereocenters. The molecular weight excluding hydrogens is 228 g/mol. The molecule has 0 unspecified atom stereocenters. The van der Waals surface area contributed by atoms with Crippen molar-refractivity contribution < 1.29 is 9.53 Å². The molecule has 1 amide bonds. The van der Waals surface area contributed by atoms with Gasteiger partial charge in [-0.05, 0) is 52.1 Å². The highest BCUT2D eigenvalue weighted by Crippen LogP contribution is 2.15. The van der Waals surface area contributed by atoms with Gasteiger partial charge >= 0.3 is 6.09 Å². The average molecular weight is 256 g/mol. The molecule has 0 aromatic rings. The second-order valence-corrected chi connectivity index (χ2v) is 6.64. The van der Waals surface area contributed by atoms with Gasteiger partial charge in [-0.3, -0.25) is 0 Å². The van der Waals surface area contributed by atoms with E-state index < -0.39 is 5.60 Å². The normalized spacial score (nSPS) is 20.2. The summed E-state index contributed by atoms with van der Waals surface area (Å²) in [5, 5.41) is 3.34. The fraction of sp³-hybridized carbons (Fsp3) is 0.929. The second kappa shape index (κ2) is 6.41. The number of carbonyl (C=O) groups excluding carboxylic acids is 1. The predicted octanol–water partition coefficient (Wildman–Crippen LogP) is 2.49. The molecule has 1 saturated heterocycles. The van der Waals surface area contributed by atoms with E-state index in [2.05, 4.69) is 19.2 Å². The lowest BCUT2D eigenvalue weighted by Gasteiger charge is -2.30. The summed E-state index contributed by atoms with van der Waals surface area (Å²) in [6.07, 6.45) is 0.973. The van der Waals surface area contributed by atoms with Gasteiger partial charge in [0.1, 0.15) is 5.60 Å². The van der Waals surface area contributed by atoms with Crippen molar-refractivity contribution in [1.29, 1.82) is 0 Å². The third-order valence-corrected chi connectivity index (χ3v) is 2.88. The van der Waals surface area contributed by atoms with Crippen LogP contribution in [0.15, 0.2) is 0 Å². The van der Waals surface area contributed by atoms with Gasteiger partial charge in [-0.2, -0.15) is 0 Å². The van der Waals surface area contributed by atoms with Crippen molar-refractivity contribution in [1.82, 2.24) is 10.2 Å². The van der Waals surface area contributed by atoms with E-state index >= 15 is 0 Å². The topological polar surface area (TPSA) is 41.6 Å². The zero-order valence-corrected chi connectivity index (χ0v) is 12.5. The van der Waals surface area contributed by atoms with Crippen LogP contribution >= 0.6 is 0 Å². The minimum Gasteiger partial charge on any atom is -0.444 e. The smallest absolute Gasteiger partial charge is 0.410 e. The summed E-state index contributed by atoms with van der Waals surface area (Å²) in [5.41, 5.74) is -0.416. The zero-order valence-electron chi connectivity index (χ0n) is 12.5. The maximum atomic E-state index is 12.2. The number of hydrogen-bond donors (Lipinski definition) is 1. The van der Waals surface area contributed by atoms with Crippen molar-refractivity contribution in [3.8, 4) is 0 Å². The van der Waals surface area contributed by atoms with Crippen LogP contribution in [0.25, 0.3) is 0 Å². The number of nitrogens with zero attached hydrogens (tertiary/aromatic N) is 1. The van der Waals surface area contributed by atoms with Crippen LogP contribution in [-0.4, -0.2) is 42.8 Å². The van der Waals surface area contributed by atoms with E-state index in [1.54, 1.807) is 0 Å². The molecule has 0 aromatic heterocycles. The maximum absolute atomic E-state index is 12.2. The molecule has 4 nitrogen and oxygen atoms in total. The Labute approximate surface area is 111 Å². The predicted molar refractivity (Wildman–Crippen MR) is 73.6 cm³/mol. The molecule has 1 aliphatic rings. The minimum absolute atomic E-state index is 0.178. The summed E-state index contributed by atoms with van der Waals surface area (Å²) in [6.45, 7) is 13.6. The van der Waals surface area contributed by atoms with Crippen LogP contribution in [0.3, 0.4) is 0 Å². The van der Waals surface area contributed by atoms with Crippen LogP contribution in [0.5, 0.6) is 0 Å². The third kappa shape index (κ3) is 5.71. The van der Waals surface area contributed by atoms with Crippen molar-refractivity contribution in [2.75, 3.05) is 26.2 Å². The third-order valence-electron chi connectivity index (χ3n) is 2.88. The molecule has 0 saturated carbocycles. The lowest BCUT2D eigenvalue weighted by atomic mass is 10.1. The first-order valence-corrected chi connectivity index (χ1v) is 6.96. The molecule has 18 heavy (non-hydrogen) atoms. The van der Waals surface area contributed by atoms with Crippen LogP contribution in [-0.2, 0) is 4.74 Å². The number of ether oxygens (including phenoxy) is 1. The van der Waals surface area contributed by atoms with Crippen LogP contribution < -0.4 is 5.32 Å². The van der Waals surface area contributed by atoms with Crippen molar-refractivity contribution in [3.63, 3.8) is 0 Å². The lowest BCUT2D eigenvalue weighted by molar-refractivity contribution is 0.0202. The molecule has 0 aromatic carbocycles. The minimum atomic E-state index is -0.416. The monoisotopic (exact) mass is 256 g/mol. The zero-order chi connectivity index (χ0) is 13.8. The molecule has 106 valence electrons. The van der Waals surface area contributed by atoms with E-state index in [4.69, 9.17) is 4.74 Å². The van der Waals surface area contributed by atoms with Crippen molar-refractivity contribution in [2.24, 2.45) is 11.8 Å². The van der Waals surface area contributed by atoms with Gasteiger partial charge in [-0.1, -0.05) is 13.8 Å². The van der Waals surface area contributed by atoms with Crippen molar-refractivity contribution in [2.45, 2.75) is 46.6 Å². The summed E-state index contributed by atoms with van der Waals surface area (Å²) in [6, 6.07) is 0. The average Bonchev–Trinajstić information content (AvgIpc) is 2.65. The first-order chi connectivity index (χ1) is 8.28. The van der Waals surface area contributed by atoms with E-state index in [0.717, 1.165) is 32.6 Å². The highest BCUT2D eigenvalue weighted by Gasteiger charge is 2.26. The van der Waals surface area contributed by atoms with Gasteiger partial charge in [-0.15, -0.1) is 0 Å². The van der Waals surface area contributed by atoms with Gasteiger partial charge in [0.25, 0.3) is 0 Å². The van der Waals surface area contributed by atoms with E-state index in [9.17, 15) is 4.79 Å². The van der Waals surface area contributed by atoms with Gasteiger partial charge < -0.3 is 15.0 Å². The van der Waals surface area contributed by atoms with Crippen LogP contribution in [0.2, 0.25) is 0 Å². The highest BCUT2D eigenvalue weighted by atomic mass is 16.6. The Morgan fingerprint density at radius 1 is 1.44 bits per heavy atom. The first kappa shape index (κ1) is 15.3. The van der Waals surface area contributed by atoms with Gasteiger partial charge in [0.05, 0.1) is 0 Å². The SMILES string of the molecule is CC(C)CN(C[C@H]1CCNC1)C(=O)OC(C)(C)C. The number of carbonyl (C=O) groups is 1. The molecule has 1 rings (SSSR count). The Bertz CT molecular complexity index is 265. The van der Waals surface area contributed by atoms with E-state index in [1.165, 1.54) is 0 Å². The number of rotatable bonds is 4. The summed E-state index contributed by atoms with van der Waals surface area (Å²) < 4.78 is 5.48. The van der Waals surface area contributed by atoms with Gasteiger partial charge in [0.2, 0.25) is 0 Å². The summed E-state index contributed by atoms with van der Waals surface area (Å²) >= 11 is 0. The molecule has 1 N–H and O–H groups in total. The Balaban J connectivity index is 2.55. The quantitative estimate of drug-likeness (QED) is 0.840. The second-order valence-electron chi connectivity index (χ2n) is 6.64. The standard InChI is InChI=1S/C14H28N2O2/c1-11(2)9-16(10-12-6-7-15-8-12)13(17)18-14(3,4)5/h11-12,15H,6-10H2,1-5H3/t12-/m0/s1. The lowest BCUT2D eigenvalue weighted by Crippen LogP contribution is -2.41. The highest BCUT2D eigenvalue weighted by molar-refractivity contribution is 5.68. The number of amides is 1.